The van der Waals surface area contributed by atoms with Gasteiger partial charge >= 0.3 is 20.4 Å². The summed E-state index contributed by atoms with van der Waals surface area (Å²) < 4.78 is 0. The minimum absolute atomic E-state index is 0. The molecule has 0 aromatic carbocycles. The number of aromatic nitrogens is 3. The van der Waals surface area contributed by atoms with Crippen LogP contribution in [0.4, 0.5) is 5.82 Å². The van der Waals surface area contributed by atoms with Gasteiger partial charge < -0.3 is 5.73 Å². The van der Waals surface area contributed by atoms with Gasteiger partial charge in [-0.3, -0.25) is 0 Å². The molecule has 0 aliphatic carbocycles. The molecule has 0 fully saturated rings. The molecule has 4 nitrogen and oxygen atoms in total. The van der Waals surface area contributed by atoms with E-state index < -0.39 is 0 Å². The molecule has 0 saturated carbocycles. The van der Waals surface area contributed by atoms with Crippen LogP contribution in [0.1, 0.15) is 5.69 Å². The molecule has 2 aromatic heterocycles. The molecule has 0 aliphatic heterocycles. The largest absolute Gasteiger partial charge is 2.00 e. The molecule has 0 aliphatic rings. The van der Waals surface area contributed by atoms with Crippen LogP contribution < -0.4 is 5.73 Å². The monoisotopic (exact) mass is 300 g/mol. The van der Waals surface area contributed by atoms with Crippen LogP contribution in [0.15, 0.2) is 12.4 Å². The van der Waals surface area contributed by atoms with Crippen LogP contribution in [0.2, 0.25) is 5.15 Å². The molecule has 14 heavy (non-hydrogen) atoms. The third kappa shape index (κ3) is 1.85. The van der Waals surface area contributed by atoms with Gasteiger partial charge in [0.15, 0.2) is 0 Å². The van der Waals surface area contributed by atoms with E-state index in [9.17, 15) is 0 Å². The molecule has 0 unspecified atom stereocenters. The number of nitrogen functional groups attached to an aromatic ring is 1. The van der Waals surface area contributed by atoms with Gasteiger partial charge in [-0.2, -0.15) is 0 Å². The molecule has 0 saturated heterocycles. The van der Waals surface area contributed by atoms with Crippen molar-refractivity contribution in [3.63, 3.8) is 0 Å². The van der Waals surface area contributed by atoms with Gasteiger partial charge in [-0.1, -0.05) is 11.6 Å². The van der Waals surface area contributed by atoms with Crippen molar-refractivity contribution in [2.24, 2.45) is 0 Å². The Kier molecular flexibility index (Phi) is 3.38. The smallest absolute Gasteiger partial charge is 0.383 e. The Morgan fingerprint density at radius 3 is 2.79 bits per heavy atom. The molecule has 2 rings (SSSR count). The van der Waals surface area contributed by atoms with Crippen LogP contribution in [-0.4, -0.2) is 15.0 Å². The molecule has 6 heteroatoms. The summed E-state index contributed by atoms with van der Waals surface area (Å²) in [6.07, 6.45) is 1.42. The quantitative estimate of drug-likeness (QED) is 0.592. The van der Waals surface area contributed by atoms with Gasteiger partial charge in [-0.25, -0.2) is 15.0 Å². The Hall–Kier alpha value is -0.758. The summed E-state index contributed by atoms with van der Waals surface area (Å²) in [5.41, 5.74) is 7.16. The Bertz CT molecular complexity index is 474. The van der Waals surface area contributed by atoms with Crippen LogP contribution in [0.25, 0.3) is 10.9 Å². The maximum absolute atomic E-state index is 5.77. The first-order valence-electron chi connectivity index (χ1n) is 3.72. The SMILES string of the molecule is Cc1nc(Cl)cc2c(N)ncnc12.[Pd+2]. The van der Waals surface area contributed by atoms with Crippen molar-refractivity contribution in [3.05, 3.63) is 23.2 Å². The van der Waals surface area contributed by atoms with E-state index in [0.717, 1.165) is 16.6 Å². The van der Waals surface area contributed by atoms with E-state index in [1.807, 2.05) is 6.92 Å². The zero-order chi connectivity index (χ0) is 9.42. The topological polar surface area (TPSA) is 64.7 Å². The molecule has 2 aromatic rings. The first-order chi connectivity index (χ1) is 6.18. The normalized spacial score (nSPS) is 9.86. The molecular weight excluding hydrogens is 294 g/mol. The zero-order valence-electron chi connectivity index (χ0n) is 7.27. The average molecular weight is 301 g/mol. The van der Waals surface area contributed by atoms with E-state index in [1.165, 1.54) is 6.33 Å². The minimum Gasteiger partial charge on any atom is -0.383 e. The second-order valence-electron chi connectivity index (χ2n) is 2.69. The standard InChI is InChI=1S/C8H7ClN4.Pd/c1-4-7-5(2-6(9)13-4)8(10)12-3-11-7;/h2-3H,1H3,(H2,10,11,12);/q;+2. The maximum Gasteiger partial charge on any atom is 2.00 e. The second-order valence-corrected chi connectivity index (χ2v) is 3.07. The maximum atomic E-state index is 5.77. The van der Waals surface area contributed by atoms with Crippen LogP contribution in [0.3, 0.4) is 0 Å². The van der Waals surface area contributed by atoms with Gasteiger partial charge in [0.1, 0.15) is 17.3 Å². The average Bonchev–Trinajstić information content (AvgIpc) is 2.07. The van der Waals surface area contributed by atoms with Crippen molar-refractivity contribution < 1.29 is 20.4 Å². The van der Waals surface area contributed by atoms with Crippen molar-refractivity contribution in [2.45, 2.75) is 6.92 Å². The fraction of sp³-hybridized carbons (Fsp3) is 0.125. The number of nitrogens with zero attached hydrogens (tertiary/aromatic N) is 3. The zero-order valence-corrected chi connectivity index (χ0v) is 9.58. The van der Waals surface area contributed by atoms with Crippen molar-refractivity contribution in [3.8, 4) is 0 Å². The Balaban J connectivity index is 0.000000980. The number of halogens is 1. The Morgan fingerprint density at radius 1 is 1.36 bits per heavy atom. The molecule has 2 N–H and O–H groups in total. The molecule has 74 valence electrons. The third-order valence-corrected chi connectivity index (χ3v) is 1.99. The van der Waals surface area contributed by atoms with Gasteiger partial charge in [0, 0.05) is 5.39 Å². The molecule has 2 heterocycles. The van der Waals surface area contributed by atoms with Crippen LogP contribution in [-0.2, 0) is 20.4 Å². The first-order valence-corrected chi connectivity index (χ1v) is 4.09. The molecule has 0 bridgehead atoms. The van der Waals surface area contributed by atoms with Crippen molar-refractivity contribution in [1.82, 2.24) is 15.0 Å². The van der Waals surface area contributed by atoms with Crippen LogP contribution in [0.5, 0.6) is 0 Å². The number of fused-ring (bicyclic) bond motifs is 1. The summed E-state index contributed by atoms with van der Waals surface area (Å²) in [5.74, 6) is 0.428. The van der Waals surface area contributed by atoms with E-state index in [0.29, 0.717) is 11.0 Å². The number of nitrogens with two attached hydrogens (primary N) is 1. The Morgan fingerprint density at radius 2 is 2.07 bits per heavy atom. The molecular formula is C8H7ClN4Pd+2. The van der Waals surface area contributed by atoms with E-state index in [1.54, 1.807) is 6.07 Å². The number of rotatable bonds is 0. The third-order valence-electron chi connectivity index (χ3n) is 1.80. The molecule has 0 spiro atoms. The summed E-state index contributed by atoms with van der Waals surface area (Å²) >= 11 is 5.77. The fourth-order valence-corrected chi connectivity index (χ4v) is 1.44. The van der Waals surface area contributed by atoms with Crippen LogP contribution in [0, 0.1) is 6.92 Å². The van der Waals surface area contributed by atoms with Crippen molar-refractivity contribution in [1.29, 1.82) is 0 Å². The summed E-state index contributed by atoms with van der Waals surface area (Å²) in [6.45, 7) is 1.83. The number of aryl methyl sites for hydroxylation is 1. The van der Waals surface area contributed by atoms with E-state index in [4.69, 9.17) is 17.3 Å². The van der Waals surface area contributed by atoms with Gasteiger partial charge in [0.2, 0.25) is 0 Å². The van der Waals surface area contributed by atoms with Gasteiger partial charge in [-0.15, -0.1) is 0 Å². The number of anilines is 1. The van der Waals surface area contributed by atoms with E-state index in [2.05, 4.69) is 15.0 Å². The summed E-state index contributed by atoms with van der Waals surface area (Å²) in [7, 11) is 0. The second kappa shape index (κ2) is 4.18. The van der Waals surface area contributed by atoms with E-state index >= 15 is 0 Å². The van der Waals surface area contributed by atoms with Crippen LogP contribution >= 0.6 is 11.6 Å². The van der Waals surface area contributed by atoms with E-state index in [-0.39, 0.29) is 20.4 Å². The van der Waals surface area contributed by atoms with Gasteiger partial charge in [0.05, 0.1) is 11.2 Å². The molecule has 0 radical (unpaired) electrons. The number of pyridine rings is 1. The minimum atomic E-state index is 0. The molecule has 0 atom stereocenters. The predicted molar refractivity (Wildman–Crippen MR) is 51.5 cm³/mol. The Labute approximate surface area is 99.6 Å². The predicted octanol–water partition coefficient (Wildman–Crippen LogP) is 1.57. The fourth-order valence-electron chi connectivity index (χ4n) is 1.20. The van der Waals surface area contributed by atoms with Gasteiger partial charge in [0.25, 0.3) is 0 Å². The number of hydrogen-bond acceptors (Lipinski definition) is 4. The van der Waals surface area contributed by atoms with Crippen molar-refractivity contribution in [2.75, 3.05) is 5.73 Å². The molecule has 0 amide bonds. The van der Waals surface area contributed by atoms with Gasteiger partial charge in [-0.05, 0) is 13.0 Å². The van der Waals surface area contributed by atoms with Crippen molar-refractivity contribution >= 4 is 28.3 Å². The number of hydrogen-bond donors (Lipinski definition) is 1. The summed E-state index contributed by atoms with van der Waals surface area (Å²) in [6, 6.07) is 1.67. The first kappa shape index (κ1) is 11.3. The summed E-state index contributed by atoms with van der Waals surface area (Å²) in [5, 5.41) is 1.16. The summed E-state index contributed by atoms with van der Waals surface area (Å²) in [4.78, 5) is 12.0.